The number of H-pyrrole nitrogens is 1. The molecule has 2 aliphatic heterocycles. The summed E-state index contributed by atoms with van der Waals surface area (Å²) in [6.07, 6.45) is 6.14. The van der Waals surface area contributed by atoms with Crippen LogP contribution in [0.4, 0.5) is 0 Å². The number of methoxy groups -OCH3 is 2. The van der Waals surface area contributed by atoms with Crippen LogP contribution in [-0.2, 0) is 19.8 Å². The van der Waals surface area contributed by atoms with Gasteiger partial charge in [-0.15, -0.1) is 0 Å². The fourth-order valence-electron chi connectivity index (χ4n) is 8.48. The molecule has 6 aromatic heterocycles. The van der Waals surface area contributed by atoms with E-state index in [1.54, 1.807) is 59.9 Å². The van der Waals surface area contributed by atoms with Crippen molar-refractivity contribution in [2.24, 2.45) is 0 Å². The average molecular weight is 939 g/mol. The Morgan fingerprint density at radius 1 is 0.761 bits per heavy atom. The number of ether oxygens (including phenoxy) is 4. The van der Waals surface area contributed by atoms with Gasteiger partial charge >= 0.3 is 0 Å². The van der Waals surface area contributed by atoms with Gasteiger partial charge in [0.1, 0.15) is 36.2 Å². The summed E-state index contributed by atoms with van der Waals surface area (Å²) in [6, 6.07) is 13.6. The number of carbonyl (C=O) groups excluding carboxylic acids is 2. The van der Waals surface area contributed by atoms with Gasteiger partial charge in [0.05, 0.1) is 48.9 Å². The molecule has 0 aliphatic carbocycles. The van der Waals surface area contributed by atoms with Gasteiger partial charge in [0.15, 0.2) is 11.4 Å². The standard InChI is InChI=1S/C49H50N10O6S2/c1-48(2,3)55(6)46(60)42-35-24-64-40-20-38(62-8)31(18-33(40)44(35)58(53-42)29-11-16-66-26-29)28-22-51-57(23-28)15-13-49(4,5)56(7)47(61)43-36-25-65-41-21-39(63-9)32(37-10-14-50-52-37)19-34(41)45(36)59(54-43)30-12-17-67-27-30/h10-12,14,16-23,26-27H,13,15,24-25H2,1-9H3,(H,50,52). The van der Waals surface area contributed by atoms with Crippen molar-refractivity contribution in [3.63, 3.8) is 0 Å². The van der Waals surface area contributed by atoms with Crippen LogP contribution >= 0.6 is 22.7 Å². The normalized spacial score (nSPS) is 12.9. The van der Waals surface area contributed by atoms with Crippen molar-refractivity contribution < 1.29 is 28.5 Å². The number of nitrogens with one attached hydrogen (secondary N) is 1. The van der Waals surface area contributed by atoms with Gasteiger partial charge in [-0.3, -0.25) is 19.4 Å². The van der Waals surface area contributed by atoms with E-state index in [2.05, 4.69) is 10.2 Å². The molecule has 67 heavy (non-hydrogen) atoms. The molecular formula is C49H50N10O6S2. The first-order chi connectivity index (χ1) is 32.2. The van der Waals surface area contributed by atoms with E-state index >= 15 is 0 Å². The third kappa shape index (κ3) is 7.53. The van der Waals surface area contributed by atoms with Crippen LogP contribution in [-0.4, -0.2) is 101 Å². The highest BCUT2D eigenvalue weighted by atomic mass is 32.1. The maximum absolute atomic E-state index is 14.7. The second kappa shape index (κ2) is 16.6. The Balaban J connectivity index is 0.933. The summed E-state index contributed by atoms with van der Waals surface area (Å²) in [5.41, 5.74) is 9.09. The van der Waals surface area contributed by atoms with Crippen LogP contribution in [0.5, 0.6) is 23.0 Å². The number of aromatic nitrogens is 8. The van der Waals surface area contributed by atoms with Gasteiger partial charge in [-0.05, 0) is 82.1 Å². The maximum Gasteiger partial charge on any atom is 0.274 e. The van der Waals surface area contributed by atoms with Crippen molar-refractivity contribution in [2.45, 2.75) is 71.9 Å². The van der Waals surface area contributed by atoms with E-state index in [1.807, 2.05) is 132 Å². The number of hydrogen-bond acceptors (Lipinski definition) is 12. The lowest BCUT2D eigenvalue weighted by Crippen LogP contribution is -2.46. The topological polar surface area (TPSA) is 160 Å². The van der Waals surface area contributed by atoms with Gasteiger partial charge in [-0.1, -0.05) is 0 Å². The SMILES string of the molecule is COc1cc2c(cc1-c1cnn(CCC(C)(C)N(C)C(=O)c3nn(-c4ccsc4)c4c3COc3cc(OC)c(-c5cc[nH]n5)cc3-4)c1)-c1c(c(C(=O)N(C)C(C)(C)C)nn1-c1ccsc1)CO2. The molecule has 8 aromatic rings. The number of fused-ring (bicyclic) bond motifs is 6. The van der Waals surface area contributed by atoms with Crippen molar-refractivity contribution in [1.82, 2.24) is 49.3 Å². The van der Waals surface area contributed by atoms with Gasteiger partial charge < -0.3 is 28.7 Å². The lowest BCUT2D eigenvalue weighted by Gasteiger charge is -2.35. The van der Waals surface area contributed by atoms with Gasteiger partial charge in [0.2, 0.25) is 0 Å². The van der Waals surface area contributed by atoms with Gasteiger partial charge in [0, 0.05) is 106 Å². The van der Waals surface area contributed by atoms with E-state index in [0.717, 1.165) is 61.8 Å². The number of aryl methyl sites for hydroxylation is 1. The fraction of sp³-hybridized carbons (Fsp3) is 0.306. The lowest BCUT2D eigenvalue weighted by atomic mass is 9.96. The van der Waals surface area contributed by atoms with Crippen LogP contribution in [0.3, 0.4) is 0 Å². The minimum Gasteiger partial charge on any atom is -0.496 e. The summed E-state index contributed by atoms with van der Waals surface area (Å²) < 4.78 is 29.9. The van der Waals surface area contributed by atoms with Crippen LogP contribution in [0, 0.1) is 0 Å². The zero-order valence-electron chi connectivity index (χ0n) is 38.7. The molecule has 1 N–H and O–H groups in total. The molecule has 18 heteroatoms. The number of carbonyl (C=O) groups is 2. The average Bonchev–Trinajstić information content (AvgIpc) is 4.18. The predicted molar refractivity (Wildman–Crippen MR) is 257 cm³/mol. The van der Waals surface area contributed by atoms with E-state index in [-0.39, 0.29) is 25.0 Å². The smallest absolute Gasteiger partial charge is 0.274 e. The number of benzene rings is 2. The third-order valence-corrected chi connectivity index (χ3v) is 14.3. The Morgan fingerprint density at radius 2 is 1.31 bits per heavy atom. The van der Waals surface area contributed by atoms with Crippen molar-refractivity contribution in [3.8, 4) is 79.3 Å². The molecule has 8 heterocycles. The summed E-state index contributed by atoms with van der Waals surface area (Å²) in [5.74, 6) is 2.10. The Hall–Kier alpha value is -7.18. The highest BCUT2D eigenvalue weighted by Crippen LogP contribution is 2.48. The first-order valence-corrected chi connectivity index (χ1v) is 23.6. The second-order valence-corrected chi connectivity index (χ2v) is 19.8. The lowest BCUT2D eigenvalue weighted by molar-refractivity contribution is 0.0590. The summed E-state index contributed by atoms with van der Waals surface area (Å²) in [5, 5.41) is 30.0. The largest absolute Gasteiger partial charge is 0.496 e. The number of thiophene rings is 2. The number of hydrogen-bond donors (Lipinski definition) is 1. The Morgan fingerprint density at radius 3 is 1.82 bits per heavy atom. The molecule has 344 valence electrons. The first-order valence-electron chi connectivity index (χ1n) is 21.8. The van der Waals surface area contributed by atoms with E-state index in [4.69, 9.17) is 34.2 Å². The second-order valence-electron chi connectivity index (χ2n) is 18.2. The predicted octanol–water partition coefficient (Wildman–Crippen LogP) is 9.38. The van der Waals surface area contributed by atoms with Gasteiger partial charge in [-0.2, -0.15) is 43.1 Å². The number of rotatable bonds is 12. The number of amides is 2. The van der Waals surface area contributed by atoms with Crippen molar-refractivity contribution >= 4 is 34.5 Å². The molecule has 2 amide bonds. The molecule has 0 saturated carbocycles. The van der Waals surface area contributed by atoms with E-state index in [1.165, 1.54) is 0 Å². The zero-order valence-corrected chi connectivity index (χ0v) is 40.3. The Labute approximate surface area is 395 Å². The molecule has 10 rings (SSSR count). The van der Waals surface area contributed by atoms with Gasteiger partial charge in [0.25, 0.3) is 11.8 Å². The number of nitrogens with zero attached hydrogens (tertiary/aromatic N) is 9. The van der Waals surface area contributed by atoms with Crippen molar-refractivity contribution in [3.05, 3.63) is 105 Å². The molecule has 0 spiro atoms. The van der Waals surface area contributed by atoms with Gasteiger partial charge in [-0.25, -0.2) is 9.36 Å². The van der Waals surface area contributed by atoms with E-state index in [9.17, 15) is 9.59 Å². The summed E-state index contributed by atoms with van der Waals surface area (Å²) >= 11 is 3.12. The Bertz CT molecular complexity index is 3160. The third-order valence-electron chi connectivity index (χ3n) is 12.9. The first kappa shape index (κ1) is 43.7. The summed E-state index contributed by atoms with van der Waals surface area (Å²) in [4.78, 5) is 32.1. The van der Waals surface area contributed by atoms with Crippen LogP contribution < -0.4 is 18.9 Å². The molecule has 0 atom stereocenters. The fourth-order valence-corrected chi connectivity index (χ4v) is 9.71. The quantitative estimate of drug-likeness (QED) is 0.125. The minimum atomic E-state index is -0.621. The summed E-state index contributed by atoms with van der Waals surface area (Å²) in [6.45, 7) is 10.9. The zero-order chi connectivity index (χ0) is 46.9. The van der Waals surface area contributed by atoms with E-state index < -0.39 is 11.1 Å². The van der Waals surface area contributed by atoms with Crippen LogP contribution in [0.25, 0.3) is 56.3 Å². The van der Waals surface area contributed by atoms with E-state index in [0.29, 0.717) is 52.9 Å². The minimum absolute atomic E-state index is 0.159. The molecule has 16 nitrogen and oxygen atoms in total. The highest BCUT2D eigenvalue weighted by molar-refractivity contribution is 7.08. The molecule has 0 unspecified atom stereocenters. The van der Waals surface area contributed by atoms with Crippen molar-refractivity contribution in [2.75, 3.05) is 28.3 Å². The molecule has 2 aliphatic rings. The monoisotopic (exact) mass is 938 g/mol. The van der Waals surface area contributed by atoms with Crippen molar-refractivity contribution in [1.29, 1.82) is 0 Å². The maximum atomic E-state index is 14.7. The highest BCUT2D eigenvalue weighted by Gasteiger charge is 2.38. The molecule has 0 radical (unpaired) electrons. The molecule has 2 aromatic carbocycles. The molecular weight excluding hydrogens is 889 g/mol. The molecule has 0 bridgehead atoms. The van der Waals surface area contributed by atoms with Crippen LogP contribution in [0.2, 0.25) is 0 Å². The number of aromatic amines is 1. The molecule has 0 fully saturated rings. The Kier molecular flexibility index (Phi) is 10.8. The van der Waals surface area contributed by atoms with Crippen LogP contribution in [0.15, 0.2) is 82.6 Å². The van der Waals surface area contributed by atoms with Crippen LogP contribution in [0.1, 0.15) is 73.1 Å². The molecule has 0 saturated heterocycles. The summed E-state index contributed by atoms with van der Waals surface area (Å²) in [7, 11) is 6.87.